The number of nitrogens with zero attached hydrogens (tertiary/aromatic N) is 1. The highest BCUT2D eigenvalue weighted by Crippen LogP contribution is 2.25. The van der Waals surface area contributed by atoms with E-state index in [0.29, 0.717) is 17.8 Å². The fourth-order valence-corrected chi connectivity index (χ4v) is 2.77. The van der Waals surface area contributed by atoms with Gasteiger partial charge in [0.15, 0.2) is 0 Å². The largest absolute Gasteiger partial charge is 0.399 e. The van der Waals surface area contributed by atoms with E-state index in [9.17, 15) is 9.90 Å². The number of fused-ring (bicyclic) bond motifs is 1. The molecular weight excluding hydrogens is 242 g/mol. The van der Waals surface area contributed by atoms with Crippen molar-refractivity contribution >= 4 is 22.5 Å². The van der Waals surface area contributed by atoms with Gasteiger partial charge in [-0.05, 0) is 31.0 Å². The van der Waals surface area contributed by atoms with Crippen LogP contribution in [0.4, 0.5) is 5.69 Å². The predicted molar refractivity (Wildman–Crippen MR) is 73.9 cm³/mol. The van der Waals surface area contributed by atoms with Gasteiger partial charge in [0.1, 0.15) is 0 Å². The van der Waals surface area contributed by atoms with Crippen LogP contribution >= 0.6 is 0 Å². The molecule has 1 aromatic carbocycles. The van der Waals surface area contributed by atoms with Crippen molar-refractivity contribution in [3.63, 3.8) is 0 Å². The molecule has 2 aromatic rings. The van der Waals surface area contributed by atoms with Gasteiger partial charge in [-0.3, -0.25) is 4.79 Å². The zero-order chi connectivity index (χ0) is 13.4. The van der Waals surface area contributed by atoms with Gasteiger partial charge in [-0.1, -0.05) is 0 Å². The summed E-state index contributed by atoms with van der Waals surface area (Å²) in [5.74, 6) is -0.0208. The zero-order valence-corrected chi connectivity index (χ0v) is 10.6. The van der Waals surface area contributed by atoms with Crippen molar-refractivity contribution < 1.29 is 9.90 Å². The van der Waals surface area contributed by atoms with Gasteiger partial charge in [0.05, 0.1) is 18.2 Å². The Hall–Kier alpha value is -2.01. The number of rotatable bonds is 2. The minimum absolute atomic E-state index is 0.0208. The summed E-state index contributed by atoms with van der Waals surface area (Å²) in [5.41, 5.74) is 7.91. The van der Waals surface area contributed by atoms with Gasteiger partial charge < -0.3 is 20.7 Å². The molecule has 1 saturated heterocycles. The van der Waals surface area contributed by atoms with Crippen molar-refractivity contribution in [2.75, 3.05) is 18.9 Å². The third-order valence-electron chi connectivity index (χ3n) is 3.78. The number of hydrogen-bond acceptors (Lipinski definition) is 3. The number of carbonyl (C=O) groups is 1. The van der Waals surface area contributed by atoms with Crippen LogP contribution in [0.1, 0.15) is 23.2 Å². The summed E-state index contributed by atoms with van der Waals surface area (Å²) in [7, 11) is 0. The fourth-order valence-electron chi connectivity index (χ4n) is 2.77. The van der Waals surface area contributed by atoms with Crippen molar-refractivity contribution in [1.29, 1.82) is 0 Å². The summed E-state index contributed by atoms with van der Waals surface area (Å²) in [5, 5.41) is 10.2. The molecule has 1 atom stereocenters. The molecule has 0 bridgehead atoms. The number of hydrogen-bond donors (Lipinski definition) is 3. The molecule has 5 heteroatoms. The van der Waals surface area contributed by atoms with Crippen LogP contribution in [0.5, 0.6) is 0 Å². The molecule has 0 aliphatic carbocycles. The number of aliphatic hydroxyl groups is 1. The number of aromatic nitrogens is 1. The second-order valence-electron chi connectivity index (χ2n) is 4.98. The Labute approximate surface area is 111 Å². The van der Waals surface area contributed by atoms with Gasteiger partial charge in [-0.2, -0.15) is 0 Å². The maximum absolute atomic E-state index is 12.5. The number of aliphatic hydroxyl groups excluding tert-OH is 1. The molecule has 1 aliphatic heterocycles. The first-order valence-corrected chi connectivity index (χ1v) is 6.49. The van der Waals surface area contributed by atoms with Crippen LogP contribution in [-0.4, -0.2) is 40.1 Å². The van der Waals surface area contributed by atoms with E-state index in [0.717, 1.165) is 23.7 Å². The Morgan fingerprint density at radius 3 is 3.16 bits per heavy atom. The van der Waals surface area contributed by atoms with Crippen molar-refractivity contribution in [1.82, 2.24) is 9.88 Å². The van der Waals surface area contributed by atoms with Crippen molar-refractivity contribution in [3.8, 4) is 0 Å². The second kappa shape index (κ2) is 4.59. The maximum atomic E-state index is 12.5. The normalized spacial score (nSPS) is 19.2. The second-order valence-corrected chi connectivity index (χ2v) is 4.98. The standard InChI is InChI=1S/C14H17N3O2/c15-9-3-4-11-12(7-16-13(11)6-9)14(19)17-5-1-2-10(17)8-18/h3-4,6-7,10,16,18H,1-2,5,8,15H2/t10-/m1/s1. The Morgan fingerprint density at radius 2 is 2.37 bits per heavy atom. The number of amides is 1. The highest BCUT2D eigenvalue weighted by molar-refractivity contribution is 6.07. The molecule has 0 radical (unpaired) electrons. The van der Waals surface area contributed by atoms with E-state index in [1.54, 1.807) is 17.2 Å². The smallest absolute Gasteiger partial charge is 0.256 e. The summed E-state index contributed by atoms with van der Waals surface area (Å²) in [6, 6.07) is 5.42. The maximum Gasteiger partial charge on any atom is 0.256 e. The first-order valence-electron chi connectivity index (χ1n) is 6.49. The Morgan fingerprint density at radius 1 is 1.53 bits per heavy atom. The summed E-state index contributed by atoms with van der Waals surface area (Å²) in [4.78, 5) is 17.4. The minimum Gasteiger partial charge on any atom is -0.399 e. The number of nitrogens with two attached hydrogens (primary N) is 1. The lowest BCUT2D eigenvalue weighted by atomic mass is 10.1. The monoisotopic (exact) mass is 259 g/mol. The lowest BCUT2D eigenvalue weighted by Crippen LogP contribution is -2.37. The van der Waals surface area contributed by atoms with Crippen LogP contribution in [-0.2, 0) is 0 Å². The molecule has 5 nitrogen and oxygen atoms in total. The third kappa shape index (κ3) is 1.96. The van der Waals surface area contributed by atoms with Crippen molar-refractivity contribution in [2.45, 2.75) is 18.9 Å². The van der Waals surface area contributed by atoms with E-state index in [-0.39, 0.29) is 18.6 Å². The van der Waals surface area contributed by atoms with Crippen LogP contribution in [0.2, 0.25) is 0 Å². The zero-order valence-electron chi connectivity index (χ0n) is 10.6. The third-order valence-corrected chi connectivity index (χ3v) is 3.78. The molecule has 1 amide bonds. The average Bonchev–Trinajstić information content (AvgIpc) is 3.03. The molecule has 19 heavy (non-hydrogen) atoms. The van der Waals surface area contributed by atoms with Crippen LogP contribution in [0.25, 0.3) is 10.9 Å². The molecule has 1 aliphatic rings. The average molecular weight is 259 g/mol. The first kappa shape index (κ1) is 12.0. The number of H-pyrrole nitrogens is 1. The molecule has 1 aromatic heterocycles. The summed E-state index contributed by atoms with van der Waals surface area (Å²) in [6.45, 7) is 0.743. The van der Waals surface area contributed by atoms with E-state index < -0.39 is 0 Å². The van der Waals surface area contributed by atoms with E-state index >= 15 is 0 Å². The molecule has 4 N–H and O–H groups in total. The number of benzene rings is 1. The molecule has 2 heterocycles. The van der Waals surface area contributed by atoms with Gasteiger partial charge >= 0.3 is 0 Å². The lowest BCUT2D eigenvalue weighted by Gasteiger charge is -2.22. The van der Waals surface area contributed by atoms with Crippen molar-refractivity contribution in [3.05, 3.63) is 30.0 Å². The number of aromatic amines is 1. The number of nitrogens with one attached hydrogen (secondary N) is 1. The predicted octanol–water partition coefficient (Wildman–Crippen LogP) is 1.35. The molecule has 0 unspecified atom stereocenters. The summed E-state index contributed by atoms with van der Waals surface area (Å²) in [6.07, 6.45) is 3.54. The van der Waals surface area contributed by atoms with Gasteiger partial charge in [-0.25, -0.2) is 0 Å². The summed E-state index contributed by atoms with van der Waals surface area (Å²) >= 11 is 0. The molecule has 0 saturated carbocycles. The topological polar surface area (TPSA) is 82.3 Å². The van der Waals surface area contributed by atoms with Crippen LogP contribution in [0, 0.1) is 0 Å². The summed E-state index contributed by atoms with van der Waals surface area (Å²) < 4.78 is 0. The quantitative estimate of drug-likeness (QED) is 0.712. The SMILES string of the molecule is Nc1ccc2c(C(=O)N3CCC[C@@H]3CO)c[nH]c2c1. The number of anilines is 1. The molecular formula is C14H17N3O2. The van der Waals surface area contributed by atoms with Crippen LogP contribution < -0.4 is 5.73 Å². The number of nitrogen functional groups attached to an aromatic ring is 1. The lowest BCUT2D eigenvalue weighted by molar-refractivity contribution is 0.0679. The Bertz CT molecular complexity index is 620. The molecule has 100 valence electrons. The molecule has 1 fully saturated rings. The first-order chi connectivity index (χ1) is 9.20. The van der Waals surface area contributed by atoms with Crippen LogP contribution in [0.15, 0.2) is 24.4 Å². The molecule has 0 spiro atoms. The van der Waals surface area contributed by atoms with Crippen LogP contribution in [0.3, 0.4) is 0 Å². The van der Waals surface area contributed by atoms with Gasteiger partial charge in [0.25, 0.3) is 5.91 Å². The van der Waals surface area contributed by atoms with E-state index in [2.05, 4.69) is 4.98 Å². The van der Waals surface area contributed by atoms with E-state index in [1.807, 2.05) is 12.1 Å². The Balaban J connectivity index is 1.98. The minimum atomic E-state index is -0.0498. The number of carbonyl (C=O) groups excluding carboxylic acids is 1. The fraction of sp³-hybridized carbons (Fsp3) is 0.357. The van der Waals surface area contributed by atoms with Crippen molar-refractivity contribution in [2.24, 2.45) is 0 Å². The van der Waals surface area contributed by atoms with Gasteiger partial charge in [0.2, 0.25) is 0 Å². The molecule has 3 rings (SSSR count). The van der Waals surface area contributed by atoms with E-state index in [1.165, 1.54) is 0 Å². The number of likely N-dealkylation sites (tertiary alicyclic amines) is 1. The van der Waals surface area contributed by atoms with Gasteiger partial charge in [-0.15, -0.1) is 0 Å². The van der Waals surface area contributed by atoms with E-state index in [4.69, 9.17) is 5.73 Å². The highest BCUT2D eigenvalue weighted by Gasteiger charge is 2.29. The Kier molecular flexibility index (Phi) is 2.91. The van der Waals surface area contributed by atoms with Gasteiger partial charge in [0, 0.05) is 29.3 Å². The highest BCUT2D eigenvalue weighted by atomic mass is 16.3.